The molecule has 0 aromatic carbocycles. The molecule has 0 atom stereocenters. The van der Waals surface area contributed by atoms with Crippen molar-refractivity contribution >= 4 is 29.9 Å². The molecular formula is C13H23F3IN3. The Morgan fingerprint density at radius 1 is 1.05 bits per heavy atom. The maximum atomic E-state index is 13.0. The largest absolute Gasteiger partial charge is 0.396 e. The normalized spacial score (nSPS) is 23.6. The quantitative estimate of drug-likeness (QED) is 0.434. The number of guanidine groups is 1. The molecule has 1 aliphatic carbocycles. The maximum absolute atomic E-state index is 13.0. The molecule has 0 unspecified atom stereocenters. The Bertz CT molecular complexity index is 332. The van der Waals surface area contributed by atoms with Crippen LogP contribution in [0.3, 0.4) is 0 Å². The fourth-order valence-corrected chi connectivity index (χ4v) is 2.77. The molecule has 7 heteroatoms. The smallest absolute Gasteiger partial charge is 0.370 e. The van der Waals surface area contributed by atoms with Crippen LogP contribution in [0.25, 0.3) is 0 Å². The average Bonchev–Trinajstić information content (AvgIpc) is 2.53. The Hall–Kier alpha value is -0.210. The molecule has 2 aliphatic rings. The summed E-state index contributed by atoms with van der Waals surface area (Å²) in [5, 5.41) is 0. The maximum Gasteiger partial charge on any atom is 0.396 e. The highest BCUT2D eigenvalue weighted by molar-refractivity contribution is 14.0. The summed E-state index contributed by atoms with van der Waals surface area (Å²) in [7, 11) is 0. The van der Waals surface area contributed by atoms with Crippen LogP contribution in [-0.2, 0) is 0 Å². The number of halogens is 4. The number of nitrogens with two attached hydrogens (primary N) is 1. The zero-order chi connectivity index (χ0) is 13.9. The predicted octanol–water partition coefficient (Wildman–Crippen LogP) is 3.53. The van der Waals surface area contributed by atoms with Gasteiger partial charge in [-0.2, -0.15) is 13.2 Å². The Morgan fingerprint density at radius 2 is 1.60 bits per heavy atom. The van der Waals surface area contributed by atoms with Crippen molar-refractivity contribution in [1.29, 1.82) is 0 Å². The lowest BCUT2D eigenvalue weighted by Gasteiger charge is -2.42. The summed E-state index contributed by atoms with van der Waals surface area (Å²) in [5.41, 5.74) is 4.25. The molecule has 1 heterocycles. The summed E-state index contributed by atoms with van der Waals surface area (Å²) in [6, 6.07) is 0. The Labute approximate surface area is 135 Å². The molecule has 0 spiro atoms. The fraction of sp³-hybridized carbons (Fsp3) is 0.923. The summed E-state index contributed by atoms with van der Waals surface area (Å²) < 4.78 is 39.0. The van der Waals surface area contributed by atoms with Crippen LogP contribution in [0, 0.1) is 5.41 Å². The predicted molar refractivity (Wildman–Crippen MR) is 84.3 cm³/mol. The highest BCUT2D eigenvalue weighted by atomic mass is 127. The van der Waals surface area contributed by atoms with Gasteiger partial charge in [-0.15, -0.1) is 24.0 Å². The number of nitrogens with zero attached hydrogens (tertiary/aromatic N) is 2. The SMILES string of the molecule is I.NC(=NCC1(C(F)(F)F)CCC1)N1CCCCCC1. The number of rotatable bonds is 2. The number of alkyl halides is 3. The molecule has 2 N–H and O–H groups in total. The van der Waals surface area contributed by atoms with Crippen LogP contribution >= 0.6 is 24.0 Å². The number of aliphatic imine (C=N–C) groups is 1. The highest BCUT2D eigenvalue weighted by Crippen LogP contribution is 2.53. The summed E-state index contributed by atoms with van der Waals surface area (Å²) in [5.74, 6) is 0.289. The molecule has 2 rings (SSSR count). The van der Waals surface area contributed by atoms with E-state index in [0.717, 1.165) is 38.8 Å². The first-order valence-corrected chi connectivity index (χ1v) is 7.06. The minimum absolute atomic E-state index is 0. The third-order valence-electron chi connectivity index (χ3n) is 4.39. The molecule has 20 heavy (non-hydrogen) atoms. The first kappa shape index (κ1) is 17.8. The van der Waals surface area contributed by atoms with E-state index in [-0.39, 0.29) is 49.3 Å². The van der Waals surface area contributed by atoms with E-state index in [1.807, 2.05) is 4.90 Å². The Kier molecular flexibility index (Phi) is 6.40. The molecule has 0 radical (unpaired) electrons. The van der Waals surface area contributed by atoms with Crippen LogP contribution in [0.1, 0.15) is 44.9 Å². The van der Waals surface area contributed by atoms with Crippen molar-refractivity contribution in [2.24, 2.45) is 16.1 Å². The second kappa shape index (κ2) is 7.17. The van der Waals surface area contributed by atoms with E-state index in [2.05, 4.69) is 4.99 Å². The molecular weight excluding hydrogens is 382 g/mol. The molecule has 0 amide bonds. The third-order valence-corrected chi connectivity index (χ3v) is 4.39. The van der Waals surface area contributed by atoms with Crippen LogP contribution in [0.4, 0.5) is 13.2 Å². The van der Waals surface area contributed by atoms with Gasteiger partial charge in [0.05, 0.1) is 12.0 Å². The summed E-state index contributed by atoms with van der Waals surface area (Å²) in [4.78, 5) is 5.98. The van der Waals surface area contributed by atoms with E-state index in [4.69, 9.17) is 5.73 Å². The number of likely N-dealkylation sites (tertiary alicyclic amines) is 1. The monoisotopic (exact) mass is 405 g/mol. The van der Waals surface area contributed by atoms with Crippen molar-refractivity contribution < 1.29 is 13.2 Å². The molecule has 0 aromatic heterocycles. The lowest BCUT2D eigenvalue weighted by Crippen LogP contribution is -2.47. The van der Waals surface area contributed by atoms with Gasteiger partial charge >= 0.3 is 6.18 Å². The lowest BCUT2D eigenvalue weighted by atomic mass is 9.68. The van der Waals surface area contributed by atoms with Gasteiger partial charge in [-0.1, -0.05) is 19.3 Å². The first-order valence-electron chi connectivity index (χ1n) is 7.06. The van der Waals surface area contributed by atoms with Crippen LogP contribution in [-0.4, -0.2) is 36.7 Å². The van der Waals surface area contributed by atoms with Gasteiger partial charge in [-0.25, -0.2) is 0 Å². The van der Waals surface area contributed by atoms with Gasteiger partial charge in [0.15, 0.2) is 5.96 Å². The molecule has 0 aromatic rings. The van der Waals surface area contributed by atoms with Crippen LogP contribution in [0.2, 0.25) is 0 Å². The summed E-state index contributed by atoms with van der Waals surface area (Å²) in [6.07, 6.45) is 1.26. The van der Waals surface area contributed by atoms with Crippen molar-refractivity contribution in [2.45, 2.75) is 51.1 Å². The van der Waals surface area contributed by atoms with Crippen LogP contribution in [0.15, 0.2) is 4.99 Å². The zero-order valence-electron chi connectivity index (χ0n) is 11.6. The highest BCUT2D eigenvalue weighted by Gasteiger charge is 2.58. The molecule has 118 valence electrons. The summed E-state index contributed by atoms with van der Waals surface area (Å²) >= 11 is 0. The Morgan fingerprint density at radius 3 is 2.00 bits per heavy atom. The topological polar surface area (TPSA) is 41.6 Å². The van der Waals surface area contributed by atoms with Crippen molar-refractivity contribution in [3.63, 3.8) is 0 Å². The van der Waals surface area contributed by atoms with Crippen LogP contribution in [0.5, 0.6) is 0 Å². The minimum atomic E-state index is -4.16. The zero-order valence-corrected chi connectivity index (χ0v) is 13.9. The molecule has 2 fully saturated rings. The van der Waals surface area contributed by atoms with Gasteiger partial charge in [0.1, 0.15) is 0 Å². The van der Waals surface area contributed by atoms with Gasteiger partial charge < -0.3 is 10.6 Å². The molecule has 1 saturated heterocycles. The average molecular weight is 405 g/mol. The van der Waals surface area contributed by atoms with E-state index >= 15 is 0 Å². The standard InChI is InChI=1S/C13H22F3N3.HI/c14-13(15,16)12(6-5-7-12)10-18-11(17)19-8-3-1-2-4-9-19;/h1-10H2,(H2,17,18);1H. The summed E-state index contributed by atoms with van der Waals surface area (Å²) in [6.45, 7) is 1.42. The van der Waals surface area contributed by atoms with E-state index in [1.54, 1.807) is 0 Å². The first-order chi connectivity index (χ1) is 8.95. The molecule has 1 saturated carbocycles. The molecule has 3 nitrogen and oxygen atoms in total. The van der Waals surface area contributed by atoms with E-state index in [0.29, 0.717) is 6.42 Å². The minimum Gasteiger partial charge on any atom is -0.370 e. The van der Waals surface area contributed by atoms with Crippen molar-refractivity contribution in [3.8, 4) is 0 Å². The van der Waals surface area contributed by atoms with Crippen molar-refractivity contribution in [2.75, 3.05) is 19.6 Å². The van der Waals surface area contributed by atoms with Gasteiger partial charge in [0.25, 0.3) is 0 Å². The Balaban J connectivity index is 0.00000200. The van der Waals surface area contributed by atoms with E-state index in [1.165, 1.54) is 0 Å². The number of hydrogen-bond acceptors (Lipinski definition) is 1. The van der Waals surface area contributed by atoms with Gasteiger partial charge in [-0.3, -0.25) is 4.99 Å². The van der Waals surface area contributed by atoms with E-state index in [9.17, 15) is 13.2 Å². The lowest BCUT2D eigenvalue weighted by molar-refractivity contribution is -0.246. The van der Waals surface area contributed by atoms with E-state index < -0.39 is 11.6 Å². The second-order valence-electron chi connectivity index (χ2n) is 5.71. The van der Waals surface area contributed by atoms with Gasteiger partial charge in [-0.05, 0) is 25.7 Å². The van der Waals surface area contributed by atoms with Gasteiger partial charge in [0.2, 0.25) is 0 Å². The van der Waals surface area contributed by atoms with Crippen molar-refractivity contribution in [3.05, 3.63) is 0 Å². The van der Waals surface area contributed by atoms with Gasteiger partial charge in [0, 0.05) is 13.1 Å². The number of hydrogen-bond donors (Lipinski definition) is 1. The van der Waals surface area contributed by atoms with Crippen molar-refractivity contribution in [1.82, 2.24) is 4.90 Å². The van der Waals surface area contributed by atoms with Crippen LogP contribution < -0.4 is 5.73 Å². The third kappa shape index (κ3) is 3.92. The molecule has 0 bridgehead atoms. The molecule has 1 aliphatic heterocycles. The fourth-order valence-electron chi connectivity index (χ4n) is 2.77. The second-order valence-corrected chi connectivity index (χ2v) is 5.71.